The predicted octanol–water partition coefficient (Wildman–Crippen LogP) is 3.39. The van der Waals surface area contributed by atoms with Gasteiger partial charge in [-0.15, -0.1) is 11.3 Å². The van der Waals surface area contributed by atoms with Gasteiger partial charge < -0.3 is 9.47 Å². The van der Waals surface area contributed by atoms with Crippen molar-refractivity contribution in [3.8, 4) is 11.5 Å². The van der Waals surface area contributed by atoms with E-state index in [9.17, 15) is 0 Å². The lowest BCUT2D eigenvalue weighted by atomic mass is 10.0. The third-order valence-corrected chi connectivity index (χ3v) is 5.28. The van der Waals surface area contributed by atoms with Gasteiger partial charge in [0.25, 0.3) is 0 Å². The number of ether oxygens (including phenoxy) is 2. The van der Waals surface area contributed by atoms with Crippen LogP contribution in [-0.2, 0) is 0 Å². The maximum absolute atomic E-state index is 5.77. The molecule has 0 radical (unpaired) electrons. The summed E-state index contributed by atoms with van der Waals surface area (Å²) < 4.78 is 12.0. The number of nitrogens with two attached hydrogens (primary N) is 1. The minimum absolute atomic E-state index is 0.184. The van der Waals surface area contributed by atoms with Crippen molar-refractivity contribution in [1.82, 2.24) is 5.43 Å². The van der Waals surface area contributed by atoms with Gasteiger partial charge in [-0.2, -0.15) is 0 Å². The van der Waals surface area contributed by atoms with Gasteiger partial charge in [-0.1, -0.05) is 6.07 Å². The Morgan fingerprint density at radius 2 is 1.85 bits per heavy atom. The summed E-state index contributed by atoms with van der Waals surface area (Å²) in [6, 6.07) is 7.61. The molecule has 0 amide bonds. The number of hydrazine groups is 1. The van der Waals surface area contributed by atoms with Gasteiger partial charge >= 0.3 is 0 Å². The van der Waals surface area contributed by atoms with Crippen LogP contribution in [0.25, 0.3) is 0 Å². The molecular weight excluding hydrogens is 340 g/mol. The van der Waals surface area contributed by atoms with Crippen LogP contribution >= 0.6 is 27.3 Å². The Kier molecular flexibility index (Phi) is 5.04. The van der Waals surface area contributed by atoms with Crippen molar-refractivity contribution in [1.29, 1.82) is 0 Å². The van der Waals surface area contributed by atoms with E-state index in [0.29, 0.717) is 0 Å². The Balaban J connectivity index is 2.56. The van der Waals surface area contributed by atoms with Crippen molar-refractivity contribution in [3.05, 3.63) is 44.1 Å². The van der Waals surface area contributed by atoms with E-state index in [1.807, 2.05) is 18.2 Å². The Labute approximate surface area is 131 Å². The summed E-state index contributed by atoms with van der Waals surface area (Å²) in [5.74, 6) is 7.26. The van der Waals surface area contributed by atoms with Gasteiger partial charge in [-0.25, -0.2) is 5.43 Å². The van der Waals surface area contributed by atoms with E-state index in [-0.39, 0.29) is 6.04 Å². The quantitative estimate of drug-likeness (QED) is 0.636. The van der Waals surface area contributed by atoms with Crippen LogP contribution in [0, 0.1) is 6.92 Å². The van der Waals surface area contributed by atoms with Crippen molar-refractivity contribution >= 4 is 27.3 Å². The molecule has 3 N–H and O–H groups in total. The van der Waals surface area contributed by atoms with Gasteiger partial charge in [0.05, 0.1) is 29.6 Å². The first kappa shape index (κ1) is 15.3. The maximum Gasteiger partial charge on any atom is 0.127 e. The minimum Gasteiger partial charge on any atom is -0.496 e. The fraction of sp³-hybridized carbons (Fsp3) is 0.286. The topological polar surface area (TPSA) is 56.5 Å². The first-order chi connectivity index (χ1) is 9.62. The molecule has 1 aromatic heterocycles. The molecule has 1 atom stereocenters. The van der Waals surface area contributed by atoms with Crippen molar-refractivity contribution in [3.63, 3.8) is 0 Å². The first-order valence-corrected chi connectivity index (χ1v) is 7.66. The summed E-state index contributed by atoms with van der Waals surface area (Å²) in [6.07, 6.45) is 0. The van der Waals surface area contributed by atoms with Crippen molar-refractivity contribution in [2.75, 3.05) is 14.2 Å². The number of thiophene rings is 1. The lowest BCUT2D eigenvalue weighted by Crippen LogP contribution is -2.29. The molecule has 1 aromatic carbocycles. The van der Waals surface area contributed by atoms with Gasteiger partial charge in [-0.05, 0) is 46.6 Å². The Hall–Kier alpha value is -1.08. The molecule has 20 heavy (non-hydrogen) atoms. The second-order valence-electron chi connectivity index (χ2n) is 4.28. The van der Waals surface area contributed by atoms with Crippen LogP contribution in [0.4, 0.5) is 0 Å². The predicted molar refractivity (Wildman–Crippen MR) is 85.5 cm³/mol. The third-order valence-electron chi connectivity index (χ3n) is 3.08. The SMILES string of the molecule is COc1cccc(OC)c1C(NN)c1cc(C)c(Br)s1. The Bertz CT molecular complexity index is 559. The second-order valence-corrected chi connectivity index (χ2v) is 6.68. The van der Waals surface area contributed by atoms with Crippen LogP contribution in [0.5, 0.6) is 11.5 Å². The first-order valence-electron chi connectivity index (χ1n) is 6.05. The number of methoxy groups -OCH3 is 2. The normalized spacial score (nSPS) is 12.2. The van der Waals surface area contributed by atoms with E-state index < -0.39 is 0 Å². The third kappa shape index (κ3) is 2.83. The molecule has 0 bridgehead atoms. The molecule has 0 fully saturated rings. The van der Waals surface area contributed by atoms with Gasteiger partial charge in [0.2, 0.25) is 0 Å². The Morgan fingerprint density at radius 3 is 2.25 bits per heavy atom. The number of benzene rings is 1. The number of hydrogen-bond donors (Lipinski definition) is 2. The zero-order valence-corrected chi connectivity index (χ0v) is 14.0. The van der Waals surface area contributed by atoms with Gasteiger partial charge in [-0.3, -0.25) is 5.84 Å². The molecule has 0 saturated carbocycles. The average Bonchev–Trinajstić information content (AvgIpc) is 2.79. The van der Waals surface area contributed by atoms with Crippen molar-refractivity contribution < 1.29 is 9.47 Å². The molecule has 2 aromatic rings. The van der Waals surface area contributed by atoms with Crippen molar-refractivity contribution in [2.24, 2.45) is 5.84 Å². The molecule has 2 rings (SSSR count). The zero-order chi connectivity index (χ0) is 14.7. The largest absolute Gasteiger partial charge is 0.496 e. The molecule has 1 heterocycles. The zero-order valence-electron chi connectivity index (χ0n) is 11.6. The summed E-state index contributed by atoms with van der Waals surface area (Å²) in [4.78, 5) is 1.10. The van der Waals surface area contributed by atoms with E-state index in [4.69, 9.17) is 15.3 Å². The number of aryl methyl sites for hydroxylation is 1. The molecule has 1 unspecified atom stereocenters. The average molecular weight is 357 g/mol. The van der Waals surface area contributed by atoms with E-state index in [2.05, 4.69) is 34.3 Å². The number of halogens is 1. The lowest BCUT2D eigenvalue weighted by Gasteiger charge is -2.20. The molecule has 0 aliphatic heterocycles. The molecule has 108 valence electrons. The highest BCUT2D eigenvalue weighted by atomic mass is 79.9. The van der Waals surface area contributed by atoms with E-state index >= 15 is 0 Å². The van der Waals surface area contributed by atoms with Gasteiger partial charge in [0, 0.05) is 4.88 Å². The summed E-state index contributed by atoms with van der Waals surface area (Å²) in [5.41, 5.74) is 4.93. The molecule has 6 heteroatoms. The van der Waals surface area contributed by atoms with Crippen molar-refractivity contribution in [2.45, 2.75) is 13.0 Å². The fourth-order valence-electron chi connectivity index (χ4n) is 2.10. The van der Waals surface area contributed by atoms with E-state index in [0.717, 1.165) is 25.7 Å². The van der Waals surface area contributed by atoms with E-state index in [1.165, 1.54) is 5.56 Å². The number of hydrogen-bond acceptors (Lipinski definition) is 5. The molecular formula is C14H17BrN2O2S. The van der Waals surface area contributed by atoms with Gasteiger partial charge in [0.15, 0.2) is 0 Å². The van der Waals surface area contributed by atoms with Crippen LogP contribution in [0.1, 0.15) is 22.0 Å². The lowest BCUT2D eigenvalue weighted by molar-refractivity contribution is 0.377. The molecule has 0 spiro atoms. The molecule has 0 aliphatic rings. The summed E-state index contributed by atoms with van der Waals surface area (Å²) in [6.45, 7) is 2.05. The summed E-state index contributed by atoms with van der Waals surface area (Å²) >= 11 is 5.19. The molecule has 4 nitrogen and oxygen atoms in total. The summed E-state index contributed by atoms with van der Waals surface area (Å²) in [5, 5.41) is 0. The van der Waals surface area contributed by atoms with Crippen LogP contribution in [0.2, 0.25) is 0 Å². The smallest absolute Gasteiger partial charge is 0.127 e. The standard InChI is InChI=1S/C14H17BrN2O2S/c1-8-7-11(20-14(8)15)13(17-16)12-9(18-2)5-4-6-10(12)19-3/h4-7,13,17H,16H2,1-3H3. The highest BCUT2D eigenvalue weighted by molar-refractivity contribution is 9.11. The highest BCUT2D eigenvalue weighted by Gasteiger charge is 2.23. The van der Waals surface area contributed by atoms with Crippen LogP contribution in [0.15, 0.2) is 28.1 Å². The molecule has 0 aliphatic carbocycles. The summed E-state index contributed by atoms with van der Waals surface area (Å²) in [7, 11) is 3.28. The van der Waals surface area contributed by atoms with Gasteiger partial charge in [0.1, 0.15) is 11.5 Å². The highest BCUT2D eigenvalue weighted by Crippen LogP contribution is 2.41. The number of rotatable bonds is 5. The fourth-order valence-corrected chi connectivity index (χ4v) is 3.74. The minimum atomic E-state index is -0.184. The van der Waals surface area contributed by atoms with Crippen LogP contribution in [-0.4, -0.2) is 14.2 Å². The Morgan fingerprint density at radius 1 is 1.25 bits per heavy atom. The monoisotopic (exact) mass is 356 g/mol. The number of nitrogens with one attached hydrogen (secondary N) is 1. The maximum atomic E-state index is 5.77. The molecule has 0 saturated heterocycles. The van der Waals surface area contributed by atoms with Crippen LogP contribution < -0.4 is 20.7 Å². The van der Waals surface area contributed by atoms with E-state index in [1.54, 1.807) is 25.6 Å². The second kappa shape index (κ2) is 6.58. The van der Waals surface area contributed by atoms with Crippen LogP contribution in [0.3, 0.4) is 0 Å².